The van der Waals surface area contributed by atoms with Gasteiger partial charge in [-0.3, -0.25) is 0 Å². The van der Waals surface area contributed by atoms with Gasteiger partial charge in [0.2, 0.25) is 0 Å². The molecule has 0 spiro atoms. The molecule has 0 unspecified atom stereocenters. The fourth-order valence-corrected chi connectivity index (χ4v) is 0. The summed E-state index contributed by atoms with van der Waals surface area (Å²) in [6, 6.07) is 0. The van der Waals surface area contributed by atoms with Crippen LogP contribution in [0.5, 0.6) is 0 Å². The number of hydrogen-bond donors (Lipinski definition) is 3. The summed E-state index contributed by atoms with van der Waals surface area (Å²) in [7, 11) is 0. The van der Waals surface area contributed by atoms with Gasteiger partial charge >= 0.3 is 0 Å². The normalized spacial score (nSPS) is 0. The van der Waals surface area contributed by atoms with Gasteiger partial charge in [-0.05, 0) is 0 Å². The van der Waals surface area contributed by atoms with Gasteiger partial charge in [0, 0.05) is 21.1 Å². The Morgan fingerprint density at radius 1 is 0.500 bits per heavy atom. The van der Waals surface area contributed by atoms with Gasteiger partial charge in [-0.25, -0.2) is 0 Å². The zero-order valence-electron chi connectivity index (χ0n) is 2.53. The minimum Gasteiger partial charge on any atom is -0.344 e. The van der Waals surface area contributed by atoms with Crippen molar-refractivity contribution in [3.8, 4) is 0 Å². The van der Waals surface area contributed by atoms with E-state index in [1.807, 2.05) is 0 Å². The van der Waals surface area contributed by atoms with Crippen LogP contribution in [0.25, 0.3) is 0 Å². The van der Waals surface area contributed by atoms with Crippen LogP contribution in [0.15, 0.2) is 0 Å². The van der Waals surface area contributed by atoms with E-state index in [-0.39, 0.29) is 39.5 Å². The molecule has 0 aromatic carbocycles. The summed E-state index contributed by atoms with van der Waals surface area (Å²) >= 11 is 0. The van der Waals surface area contributed by atoms with Crippen molar-refractivity contribution < 1.29 is 21.1 Å². The van der Waals surface area contributed by atoms with Crippen molar-refractivity contribution in [1.82, 2.24) is 18.5 Å². The monoisotopic (exact) mass is 235 g/mol. The van der Waals surface area contributed by atoms with E-state index in [0.29, 0.717) is 0 Å². The van der Waals surface area contributed by atoms with Crippen molar-refractivity contribution in [2.45, 2.75) is 0 Å². The molecule has 0 aromatic heterocycles. The quantitative estimate of drug-likeness (QED) is 0.568. The molecule has 0 fully saturated rings. The maximum atomic E-state index is 0. The zero-order chi connectivity index (χ0) is 0. The standard InChI is InChI=1S/3H3N.W/h3*1H3;. The third-order valence-electron chi connectivity index (χ3n) is 0. The molecular formula is H9N3W. The van der Waals surface area contributed by atoms with Crippen molar-refractivity contribution >= 4 is 0 Å². The molecule has 0 heterocycles. The molecule has 3 nitrogen and oxygen atoms in total. The number of rotatable bonds is 0. The van der Waals surface area contributed by atoms with Crippen molar-refractivity contribution in [3.63, 3.8) is 0 Å². The molecule has 0 bridgehead atoms. The molecule has 4 heteroatoms. The van der Waals surface area contributed by atoms with E-state index < -0.39 is 0 Å². The molecule has 0 aliphatic heterocycles. The van der Waals surface area contributed by atoms with Crippen LogP contribution in [-0.2, 0) is 21.1 Å². The van der Waals surface area contributed by atoms with E-state index in [9.17, 15) is 0 Å². The van der Waals surface area contributed by atoms with Crippen LogP contribution >= 0.6 is 0 Å². The third-order valence-corrected chi connectivity index (χ3v) is 0. The first-order valence-electron chi connectivity index (χ1n) is 0. The molecule has 0 rings (SSSR count). The van der Waals surface area contributed by atoms with E-state index in [4.69, 9.17) is 0 Å². The molecule has 4 heavy (non-hydrogen) atoms. The van der Waals surface area contributed by atoms with Gasteiger partial charge in [0.1, 0.15) is 0 Å². The van der Waals surface area contributed by atoms with Crippen molar-refractivity contribution in [2.75, 3.05) is 0 Å². The Bertz CT molecular complexity index is 3.25. The minimum absolute atomic E-state index is 0. The molecule has 0 aliphatic rings. The molecular weight excluding hydrogens is 226 g/mol. The second-order valence-corrected chi connectivity index (χ2v) is 0. The van der Waals surface area contributed by atoms with Crippen LogP contribution in [0.1, 0.15) is 0 Å². The van der Waals surface area contributed by atoms with Gasteiger partial charge in [-0.1, -0.05) is 0 Å². The van der Waals surface area contributed by atoms with Crippen molar-refractivity contribution in [2.24, 2.45) is 0 Å². The Labute approximate surface area is 40.2 Å². The molecule has 0 amide bonds. The van der Waals surface area contributed by atoms with Crippen LogP contribution in [0.2, 0.25) is 0 Å². The third kappa shape index (κ3) is 19.6. The molecule has 0 atom stereocenters. The SMILES string of the molecule is N.N.N.[W]. The van der Waals surface area contributed by atoms with Crippen LogP contribution in [0, 0.1) is 0 Å². The first-order valence-corrected chi connectivity index (χ1v) is 0. The average molecular weight is 235 g/mol. The molecule has 0 radical (unpaired) electrons. The molecule has 9 N–H and O–H groups in total. The Hall–Kier alpha value is 0.568. The molecule has 0 aliphatic carbocycles. The van der Waals surface area contributed by atoms with E-state index in [1.165, 1.54) is 0 Å². The van der Waals surface area contributed by atoms with E-state index >= 15 is 0 Å². The largest absolute Gasteiger partial charge is 0.344 e. The minimum atomic E-state index is 0. The van der Waals surface area contributed by atoms with E-state index in [2.05, 4.69) is 0 Å². The van der Waals surface area contributed by atoms with E-state index in [0.717, 1.165) is 0 Å². The Kier molecular flexibility index (Phi) is 3280. The van der Waals surface area contributed by atoms with E-state index in [1.54, 1.807) is 0 Å². The topological polar surface area (TPSA) is 105 Å². The van der Waals surface area contributed by atoms with Crippen LogP contribution < -0.4 is 18.5 Å². The first-order chi connectivity index (χ1) is 0. The van der Waals surface area contributed by atoms with Gasteiger partial charge in [-0.2, -0.15) is 0 Å². The zero-order valence-corrected chi connectivity index (χ0v) is 5.46. The smallest absolute Gasteiger partial charge is 0 e. The summed E-state index contributed by atoms with van der Waals surface area (Å²) in [6.45, 7) is 0. The van der Waals surface area contributed by atoms with Crippen LogP contribution in [-0.4, -0.2) is 0 Å². The maximum Gasteiger partial charge on any atom is 0 e. The van der Waals surface area contributed by atoms with Crippen LogP contribution in [0.4, 0.5) is 0 Å². The summed E-state index contributed by atoms with van der Waals surface area (Å²) in [5, 5.41) is 0. The van der Waals surface area contributed by atoms with Crippen molar-refractivity contribution in [3.05, 3.63) is 0 Å². The molecule has 0 aromatic rings. The van der Waals surface area contributed by atoms with Crippen LogP contribution in [0.3, 0.4) is 0 Å². The van der Waals surface area contributed by atoms with Gasteiger partial charge < -0.3 is 18.5 Å². The summed E-state index contributed by atoms with van der Waals surface area (Å²) in [4.78, 5) is 0. The predicted molar refractivity (Wildman–Crippen MR) is 15.1 cm³/mol. The Balaban J connectivity index is 0. The molecule has 0 saturated heterocycles. The summed E-state index contributed by atoms with van der Waals surface area (Å²) in [6.07, 6.45) is 0. The first kappa shape index (κ1) is 180. The fourth-order valence-electron chi connectivity index (χ4n) is 0. The molecule has 30 valence electrons. The van der Waals surface area contributed by atoms with Gasteiger partial charge in [0.15, 0.2) is 0 Å². The van der Waals surface area contributed by atoms with Gasteiger partial charge in [0.25, 0.3) is 0 Å². The summed E-state index contributed by atoms with van der Waals surface area (Å²) < 4.78 is 0. The Morgan fingerprint density at radius 3 is 0.500 bits per heavy atom. The summed E-state index contributed by atoms with van der Waals surface area (Å²) in [5.74, 6) is 0. The molecule has 0 saturated carbocycles. The predicted octanol–water partition coefficient (Wildman–Crippen LogP) is 0.483. The number of hydrogen-bond acceptors (Lipinski definition) is 3. The average Bonchev–Trinajstić information content (AvgIpc) is 0. The van der Waals surface area contributed by atoms with Crippen molar-refractivity contribution in [1.29, 1.82) is 0 Å². The van der Waals surface area contributed by atoms with Gasteiger partial charge in [-0.15, -0.1) is 0 Å². The second-order valence-electron chi connectivity index (χ2n) is 0. The summed E-state index contributed by atoms with van der Waals surface area (Å²) in [5.41, 5.74) is 0. The van der Waals surface area contributed by atoms with Gasteiger partial charge in [0.05, 0.1) is 0 Å². The Morgan fingerprint density at radius 2 is 0.500 bits per heavy atom. The maximum absolute atomic E-state index is 0. The fraction of sp³-hybridized carbons (Fsp3) is 0. The second kappa shape index (κ2) is 72.9.